The van der Waals surface area contributed by atoms with Gasteiger partial charge in [0.15, 0.2) is 5.78 Å². The summed E-state index contributed by atoms with van der Waals surface area (Å²) in [6.45, 7) is 8.36. The first kappa shape index (κ1) is 32.2. The zero-order valence-electron chi connectivity index (χ0n) is 27.8. The van der Waals surface area contributed by atoms with Gasteiger partial charge in [-0.15, -0.1) is 0 Å². The van der Waals surface area contributed by atoms with E-state index in [1.807, 2.05) is 24.4 Å². The van der Waals surface area contributed by atoms with Gasteiger partial charge in [-0.1, -0.05) is 50.3 Å². The van der Waals surface area contributed by atoms with Crippen LogP contribution in [0.5, 0.6) is 0 Å². The Balaban J connectivity index is 1.15. The van der Waals surface area contributed by atoms with Crippen molar-refractivity contribution < 1.29 is 28.2 Å². The summed E-state index contributed by atoms with van der Waals surface area (Å²) in [4.78, 5) is 23.8. The maximum absolute atomic E-state index is 14.7. The number of Topliss-reactive ketones (excluding diaryl/α,β-unsaturated/α-hetero) is 1. The molecule has 3 saturated carbocycles. The quantitative estimate of drug-likeness (QED) is 0.275. The third-order valence-corrected chi connectivity index (χ3v) is 14.2. The molecule has 6 nitrogen and oxygen atoms in total. The highest BCUT2D eigenvalue weighted by atomic mass is 19.4. The number of pyridine rings is 1. The number of ketones is 1. The van der Waals surface area contributed by atoms with Gasteiger partial charge >= 0.3 is 6.18 Å². The lowest BCUT2D eigenvalue weighted by molar-refractivity contribution is -0.176. The Labute approximate surface area is 280 Å². The molecule has 2 bridgehead atoms. The van der Waals surface area contributed by atoms with Crippen LogP contribution in [0.3, 0.4) is 0 Å². The van der Waals surface area contributed by atoms with Gasteiger partial charge in [-0.25, -0.2) is 4.98 Å². The number of aromatic nitrogens is 1. The minimum Gasteiger partial charge on any atom is -0.393 e. The second-order valence-corrected chi connectivity index (χ2v) is 16.2. The van der Waals surface area contributed by atoms with Crippen LogP contribution in [-0.4, -0.2) is 70.3 Å². The Morgan fingerprint density at radius 2 is 1.67 bits per heavy atom. The maximum Gasteiger partial charge on any atom is 0.416 e. The second-order valence-electron chi connectivity index (χ2n) is 16.2. The number of fused-ring (bicyclic) bond motifs is 1. The number of benzene rings is 1. The van der Waals surface area contributed by atoms with E-state index in [4.69, 9.17) is 0 Å². The first-order chi connectivity index (χ1) is 22.7. The van der Waals surface area contributed by atoms with E-state index in [-0.39, 0.29) is 28.6 Å². The molecule has 48 heavy (non-hydrogen) atoms. The van der Waals surface area contributed by atoms with Gasteiger partial charge in [0.2, 0.25) is 0 Å². The van der Waals surface area contributed by atoms with Crippen LogP contribution < -0.4 is 4.90 Å². The summed E-state index contributed by atoms with van der Waals surface area (Å²) in [5, 5.41) is 23.7. The van der Waals surface area contributed by atoms with Gasteiger partial charge in [-0.05, 0) is 86.5 Å². The van der Waals surface area contributed by atoms with Gasteiger partial charge in [0.25, 0.3) is 0 Å². The third kappa shape index (κ3) is 4.42. The number of hydrogen-bond acceptors (Lipinski definition) is 6. The number of β-amino-alcohol motifs (C(OH)–C–C–N with tert-alkyl or cyclic N) is 1. The summed E-state index contributed by atoms with van der Waals surface area (Å²) in [5.41, 5.74) is -3.14. The molecule has 7 aliphatic rings. The standard InChI is InChI=1S/C39H46F3N3O3/c1-34-12-9-28(46)23-36(34)15-16-38(29(24-36)33(47)26-6-5-7-27(22-26)39(40,41)42)30(34)10-13-35(2)31(38)11-14-37(35,48)25-44-18-20-45(21-19-44)32-8-3-4-17-43-32/h3-8,15-17,22,24,28,30-31,46,48H,9-14,18-21,23,25H2,1-2H3. The van der Waals surface area contributed by atoms with Gasteiger partial charge < -0.3 is 15.1 Å². The van der Waals surface area contributed by atoms with Gasteiger partial charge in [-0.3, -0.25) is 9.69 Å². The summed E-state index contributed by atoms with van der Waals surface area (Å²) in [5.74, 6) is 0.636. The zero-order chi connectivity index (χ0) is 33.7. The van der Waals surface area contributed by atoms with Gasteiger partial charge in [0, 0.05) is 66.3 Å². The highest BCUT2D eigenvalue weighted by molar-refractivity contribution is 6.10. The number of nitrogens with zero attached hydrogens (tertiary/aromatic N) is 3. The van der Waals surface area contributed by atoms with Crippen molar-refractivity contribution in [2.24, 2.45) is 33.5 Å². The summed E-state index contributed by atoms with van der Waals surface area (Å²) in [6.07, 6.45) is 8.27. The summed E-state index contributed by atoms with van der Waals surface area (Å²) in [7, 11) is 0. The molecule has 1 saturated heterocycles. The van der Waals surface area contributed by atoms with Crippen LogP contribution >= 0.6 is 0 Å². The number of aliphatic hydroxyl groups excluding tert-OH is 1. The summed E-state index contributed by atoms with van der Waals surface area (Å²) in [6, 6.07) is 10.8. The normalized spacial score (nSPS) is 40.6. The van der Waals surface area contributed by atoms with Gasteiger partial charge in [-0.2, -0.15) is 13.2 Å². The molecule has 256 valence electrons. The fourth-order valence-corrected chi connectivity index (χ4v) is 11.6. The van der Waals surface area contributed by atoms with Crippen LogP contribution in [0.25, 0.3) is 0 Å². The lowest BCUT2D eigenvalue weighted by Crippen LogP contribution is -2.67. The molecule has 2 aromatic rings. The zero-order valence-corrected chi connectivity index (χ0v) is 27.8. The number of carbonyl (C=O) groups is 1. The smallest absolute Gasteiger partial charge is 0.393 e. The topological polar surface area (TPSA) is 76.9 Å². The number of alkyl halides is 3. The predicted octanol–water partition coefficient (Wildman–Crippen LogP) is 6.70. The number of carbonyl (C=O) groups excluding carboxylic acids is 1. The molecular formula is C39H46F3N3O3. The van der Waals surface area contributed by atoms with Crippen LogP contribution in [0.4, 0.5) is 19.0 Å². The largest absolute Gasteiger partial charge is 0.416 e. The molecule has 0 radical (unpaired) electrons. The molecule has 1 aromatic carbocycles. The fraction of sp³-hybridized carbons (Fsp3) is 0.590. The molecule has 1 aliphatic heterocycles. The van der Waals surface area contributed by atoms with Crippen molar-refractivity contribution in [1.82, 2.24) is 9.88 Å². The first-order valence-electron chi connectivity index (χ1n) is 17.7. The Morgan fingerprint density at radius 3 is 2.40 bits per heavy atom. The van der Waals surface area contributed by atoms with Crippen molar-refractivity contribution in [1.29, 1.82) is 0 Å². The summed E-state index contributed by atoms with van der Waals surface area (Å²) < 4.78 is 41.4. The highest BCUT2D eigenvalue weighted by Crippen LogP contribution is 2.78. The van der Waals surface area contributed by atoms with Crippen molar-refractivity contribution in [3.05, 3.63) is 83.6 Å². The van der Waals surface area contributed by atoms with E-state index in [0.717, 1.165) is 69.8 Å². The SMILES string of the molecule is CC12CCC(O)CC13C=CC1(C(C(=O)c4cccc(C(F)(F)F)c4)=C3)C2CCC2(C)C1CCC2(O)CN1CCN(c2ccccn2)CC1. The van der Waals surface area contributed by atoms with E-state index in [1.165, 1.54) is 12.1 Å². The Hall–Kier alpha value is -3.01. The Kier molecular flexibility index (Phi) is 7.21. The average molecular weight is 662 g/mol. The number of piperazine rings is 1. The molecule has 1 aromatic heterocycles. The van der Waals surface area contributed by atoms with Crippen LogP contribution in [0.15, 0.2) is 72.5 Å². The number of allylic oxidation sites excluding steroid dienone is 4. The van der Waals surface area contributed by atoms with Crippen molar-refractivity contribution in [2.75, 3.05) is 37.6 Å². The number of halogens is 3. The molecule has 9 heteroatoms. The van der Waals surface area contributed by atoms with Crippen LogP contribution in [0, 0.1) is 33.5 Å². The molecule has 8 atom stereocenters. The van der Waals surface area contributed by atoms with E-state index in [0.29, 0.717) is 31.4 Å². The van der Waals surface area contributed by atoms with Crippen LogP contribution in [0.1, 0.15) is 74.7 Å². The van der Waals surface area contributed by atoms with E-state index in [2.05, 4.69) is 46.9 Å². The number of anilines is 1. The van der Waals surface area contributed by atoms with Gasteiger partial charge in [0.05, 0.1) is 17.3 Å². The third-order valence-electron chi connectivity index (χ3n) is 14.2. The van der Waals surface area contributed by atoms with E-state index < -0.39 is 39.7 Å². The highest BCUT2D eigenvalue weighted by Gasteiger charge is 2.74. The molecule has 2 spiro atoms. The molecule has 2 heterocycles. The van der Waals surface area contributed by atoms with E-state index in [1.54, 1.807) is 0 Å². The lowest BCUT2D eigenvalue weighted by atomic mass is 9.32. The van der Waals surface area contributed by atoms with Crippen molar-refractivity contribution in [3.63, 3.8) is 0 Å². The van der Waals surface area contributed by atoms with Crippen molar-refractivity contribution in [3.8, 4) is 0 Å². The first-order valence-corrected chi connectivity index (χ1v) is 17.7. The van der Waals surface area contributed by atoms with Gasteiger partial charge in [0.1, 0.15) is 5.82 Å². The number of hydrogen-bond donors (Lipinski definition) is 2. The van der Waals surface area contributed by atoms with Crippen LogP contribution in [0.2, 0.25) is 0 Å². The molecule has 0 amide bonds. The van der Waals surface area contributed by atoms with Crippen molar-refractivity contribution >= 4 is 11.6 Å². The molecule has 8 unspecified atom stereocenters. The Bertz CT molecular complexity index is 1670. The maximum atomic E-state index is 14.7. The molecule has 6 aliphatic carbocycles. The minimum atomic E-state index is -4.56. The minimum absolute atomic E-state index is 0.0472. The number of aliphatic hydroxyl groups is 2. The lowest BCUT2D eigenvalue weighted by Gasteiger charge is -2.71. The predicted molar refractivity (Wildman–Crippen MR) is 177 cm³/mol. The monoisotopic (exact) mass is 661 g/mol. The number of rotatable bonds is 5. The van der Waals surface area contributed by atoms with Crippen LogP contribution in [-0.2, 0) is 6.18 Å². The summed E-state index contributed by atoms with van der Waals surface area (Å²) >= 11 is 0. The average Bonchev–Trinajstić information content (AvgIpc) is 3.34. The van der Waals surface area contributed by atoms with E-state index in [9.17, 15) is 28.2 Å². The van der Waals surface area contributed by atoms with Crippen molar-refractivity contribution in [2.45, 2.75) is 76.7 Å². The fourth-order valence-electron chi connectivity index (χ4n) is 11.6. The molecule has 9 rings (SSSR count). The Morgan fingerprint density at radius 1 is 0.938 bits per heavy atom. The molecule has 2 N–H and O–H groups in total. The molecule has 4 fully saturated rings. The molecular weight excluding hydrogens is 615 g/mol. The second kappa shape index (κ2) is 10.7. The van der Waals surface area contributed by atoms with E-state index >= 15 is 0 Å².